The predicted octanol–water partition coefficient (Wildman–Crippen LogP) is 2.45. The number of nitrogens with one attached hydrogen (secondary N) is 1. The molecule has 0 bridgehead atoms. The first-order chi connectivity index (χ1) is 8.66. The van der Waals surface area contributed by atoms with Gasteiger partial charge in [0.05, 0.1) is 6.61 Å². The van der Waals surface area contributed by atoms with Crippen molar-refractivity contribution in [3.8, 4) is 5.75 Å². The van der Waals surface area contributed by atoms with Crippen LogP contribution < -0.4 is 10.1 Å². The molecule has 0 radical (unpaired) electrons. The fourth-order valence-electron chi connectivity index (χ4n) is 2.35. The normalized spacial score (nSPS) is 20.9. The van der Waals surface area contributed by atoms with E-state index in [-0.39, 0.29) is 0 Å². The van der Waals surface area contributed by atoms with E-state index >= 15 is 0 Å². The van der Waals surface area contributed by atoms with E-state index in [1.807, 2.05) is 0 Å². The lowest BCUT2D eigenvalue weighted by Crippen LogP contribution is -2.40. The number of para-hydroxylation sites is 1. The van der Waals surface area contributed by atoms with Crippen molar-refractivity contribution in [3.05, 3.63) is 29.3 Å². The van der Waals surface area contributed by atoms with Gasteiger partial charge in [0.2, 0.25) is 0 Å². The van der Waals surface area contributed by atoms with Crippen molar-refractivity contribution in [2.75, 3.05) is 19.8 Å². The summed E-state index contributed by atoms with van der Waals surface area (Å²) in [5.74, 6) is 1.02. The van der Waals surface area contributed by atoms with Crippen LogP contribution in [0.25, 0.3) is 0 Å². The Morgan fingerprint density at radius 3 is 2.72 bits per heavy atom. The largest absolute Gasteiger partial charge is 0.491 e. The Balaban J connectivity index is 1.83. The van der Waals surface area contributed by atoms with Gasteiger partial charge in [-0.05, 0) is 38.3 Å². The molecule has 1 N–H and O–H groups in total. The fraction of sp³-hybridized carbons (Fsp3) is 0.600. The molecule has 0 spiro atoms. The average Bonchev–Trinajstić information content (AvgIpc) is 2.81. The van der Waals surface area contributed by atoms with Gasteiger partial charge in [0, 0.05) is 18.7 Å². The summed E-state index contributed by atoms with van der Waals surface area (Å²) in [7, 11) is 0. The molecule has 0 aliphatic carbocycles. The van der Waals surface area contributed by atoms with Crippen LogP contribution in [0, 0.1) is 13.8 Å². The first-order valence-corrected chi connectivity index (χ1v) is 6.69. The lowest BCUT2D eigenvalue weighted by atomic mass is 10.1. The Labute approximate surface area is 109 Å². The highest BCUT2D eigenvalue weighted by atomic mass is 16.5. The summed E-state index contributed by atoms with van der Waals surface area (Å²) in [6.07, 6.45) is 1.10. The van der Waals surface area contributed by atoms with Gasteiger partial charge in [-0.1, -0.05) is 18.2 Å². The van der Waals surface area contributed by atoms with Gasteiger partial charge < -0.3 is 14.8 Å². The number of hydrogen-bond donors (Lipinski definition) is 1. The maximum Gasteiger partial charge on any atom is 0.125 e. The third kappa shape index (κ3) is 3.47. The van der Waals surface area contributed by atoms with E-state index in [1.54, 1.807) is 0 Å². The van der Waals surface area contributed by atoms with Gasteiger partial charge >= 0.3 is 0 Å². The van der Waals surface area contributed by atoms with E-state index in [9.17, 15) is 0 Å². The second-order valence-corrected chi connectivity index (χ2v) is 5.16. The summed E-state index contributed by atoms with van der Waals surface area (Å²) in [4.78, 5) is 0. The molecule has 0 amide bonds. The van der Waals surface area contributed by atoms with Crippen molar-refractivity contribution in [2.45, 2.75) is 39.3 Å². The highest BCUT2D eigenvalue weighted by molar-refractivity contribution is 5.39. The molecule has 1 aliphatic heterocycles. The Morgan fingerprint density at radius 2 is 2.11 bits per heavy atom. The summed E-state index contributed by atoms with van der Waals surface area (Å²) in [6.45, 7) is 8.74. The first kappa shape index (κ1) is 13.4. The second kappa shape index (κ2) is 6.21. The molecular weight excluding hydrogens is 226 g/mol. The van der Waals surface area contributed by atoms with Gasteiger partial charge in [0.15, 0.2) is 0 Å². The average molecular weight is 249 g/mol. The van der Waals surface area contributed by atoms with Crippen LogP contribution in [-0.4, -0.2) is 31.9 Å². The van der Waals surface area contributed by atoms with Crippen molar-refractivity contribution in [1.82, 2.24) is 5.32 Å². The van der Waals surface area contributed by atoms with Gasteiger partial charge in [-0.15, -0.1) is 0 Å². The van der Waals surface area contributed by atoms with E-state index in [0.29, 0.717) is 18.7 Å². The predicted molar refractivity (Wildman–Crippen MR) is 73.2 cm³/mol. The molecule has 2 rings (SSSR count). The summed E-state index contributed by atoms with van der Waals surface area (Å²) >= 11 is 0. The first-order valence-electron chi connectivity index (χ1n) is 6.69. The molecule has 2 unspecified atom stereocenters. The molecule has 1 aromatic carbocycles. The van der Waals surface area contributed by atoms with E-state index in [1.165, 1.54) is 11.1 Å². The second-order valence-electron chi connectivity index (χ2n) is 5.16. The molecule has 18 heavy (non-hydrogen) atoms. The molecule has 1 fully saturated rings. The molecule has 1 saturated heterocycles. The van der Waals surface area contributed by atoms with Gasteiger partial charge in [-0.2, -0.15) is 0 Å². The molecule has 3 nitrogen and oxygen atoms in total. The van der Waals surface area contributed by atoms with E-state index < -0.39 is 0 Å². The van der Waals surface area contributed by atoms with Crippen molar-refractivity contribution < 1.29 is 9.47 Å². The van der Waals surface area contributed by atoms with Gasteiger partial charge in [-0.3, -0.25) is 0 Å². The van der Waals surface area contributed by atoms with Crippen LogP contribution in [-0.2, 0) is 4.74 Å². The van der Waals surface area contributed by atoms with Crippen LogP contribution in [0.2, 0.25) is 0 Å². The van der Waals surface area contributed by atoms with Crippen LogP contribution in [0.4, 0.5) is 0 Å². The summed E-state index contributed by atoms with van der Waals surface area (Å²) < 4.78 is 11.3. The Kier molecular flexibility index (Phi) is 4.61. The number of benzene rings is 1. The molecule has 3 heteroatoms. The zero-order valence-electron chi connectivity index (χ0n) is 11.5. The van der Waals surface area contributed by atoms with Gasteiger partial charge in [0.1, 0.15) is 12.4 Å². The summed E-state index contributed by atoms with van der Waals surface area (Å²) in [5, 5.41) is 3.54. The highest BCUT2D eigenvalue weighted by Crippen LogP contribution is 2.22. The number of rotatable bonds is 5. The zero-order valence-corrected chi connectivity index (χ0v) is 11.5. The molecule has 1 heterocycles. The minimum absolute atomic E-state index is 0.343. The minimum atomic E-state index is 0.343. The van der Waals surface area contributed by atoms with Crippen LogP contribution in [0.3, 0.4) is 0 Å². The SMILES string of the molecule is Cc1cccc(C)c1OCC(C)NC1CCOC1. The van der Waals surface area contributed by atoms with Crippen molar-refractivity contribution in [3.63, 3.8) is 0 Å². The van der Waals surface area contributed by atoms with Crippen LogP contribution in [0.5, 0.6) is 5.75 Å². The lowest BCUT2D eigenvalue weighted by molar-refractivity contribution is 0.184. The number of aryl methyl sites for hydroxylation is 2. The maximum atomic E-state index is 5.94. The maximum absolute atomic E-state index is 5.94. The van der Waals surface area contributed by atoms with Crippen LogP contribution >= 0.6 is 0 Å². The number of hydrogen-bond acceptors (Lipinski definition) is 3. The molecule has 2 atom stereocenters. The van der Waals surface area contributed by atoms with Gasteiger partial charge in [-0.25, -0.2) is 0 Å². The highest BCUT2D eigenvalue weighted by Gasteiger charge is 2.17. The summed E-state index contributed by atoms with van der Waals surface area (Å²) in [6, 6.07) is 7.07. The molecule has 1 aromatic rings. The topological polar surface area (TPSA) is 30.5 Å². The smallest absolute Gasteiger partial charge is 0.125 e. The lowest BCUT2D eigenvalue weighted by Gasteiger charge is -2.20. The molecule has 0 saturated carbocycles. The summed E-state index contributed by atoms with van der Waals surface area (Å²) in [5.41, 5.74) is 2.40. The Bertz CT molecular complexity index is 366. The van der Waals surface area contributed by atoms with E-state index in [0.717, 1.165) is 25.4 Å². The fourth-order valence-corrected chi connectivity index (χ4v) is 2.35. The molecule has 100 valence electrons. The van der Waals surface area contributed by atoms with Crippen molar-refractivity contribution in [1.29, 1.82) is 0 Å². The van der Waals surface area contributed by atoms with E-state index in [2.05, 4.69) is 44.3 Å². The molecule has 1 aliphatic rings. The van der Waals surface area contributed by atoms with Crippen LogP contribution in [0.15, 0.2) is 18.2 Å². The quantitative estimate of drug-likeness (QED) is 0.869. The van der Waals surface area contributed by atoms with Crippen LogP contribution in [0.1, 0.15) is 24.5 Å². The zero-order chi connectivity index (χ0) is 13.0. The Morgan fingerprint density at radius 1 is 1.39 bits per heavy atom. The van der Waals surface area contributed by atoms with Gasteiger partial charge in [0.25, 0.3) is 0 Å². The molecular formula is C15H23NO2. The Hall–Kier alpha value is -1.06. The number of ether oxygens (including phenoxy) is 2. The third-order valence-corrected chi connectivity index (χ3v) is 3.34. The third-order valence-electron chi connectivity index (χ3n) is 3.34. The monoisotopic (exact) mass is 249 g/mol. The standard InChI is InChI=1S/C15H23NO2/c1-11-5-4-6-12(2)15(11)18-9-13(3)16-14-7-8-17-10-14/h4-6,13-14,16H,7-10H2,1-3H3. The van der Waals surface area contributed by atoms with E-state index in [4.69, 9.17) is 9.47 Å². The minimum Gasteiger partial charge on any atom is -0.491 e. The van der Waals surface area contributed by atoms with Crippen molar-refractivity contribution in [2.24, 2.45) is 0 Å². The molecule has 0 aromatic heterocycles. The van der Waals surface area contributed by atoms with Crippen molar-refractivity contribution >= 4 is 0 Å².